The number of hydrogen-bond acceptors (Lipinski definition) is 6. The first-order chi connectivity index (χ1) is 17.2. The van der Waals surface area contributed by atoms with Crippen molar-refractivity contribution in [3.05, 3.63) is 62.9 Å². The second kappa shape index (κ2) is 12.1. The zero-order valence-electron chi connectivity index (χ0n) is 20.2. The molecule has 0 aliphatic rings. The van der Waals surface area contributed by atoms with Gasteiger partial charge >= 0.3 is 0 Å². The van der Waals surface area contributed by atoms with Crippen molar-refractivity contribution in [1.29, 1.82) is 0 Å². The molecule has 0 fully saturated rings. The summed E-state index contributed by atoms with van der Waals surface area (Å²) in [5, 5.41) is 11.2. The fourth-order valence-electron chi connectivity index (χ4n) is 3.59. The number of terminal acetylenes is 1. The minimum absolute atomic E-state index is 0.0792. The first-order valence-electron chi connectivity index (χ1n) is 11.6. The number of sulfonamides is 1. The van der Waals surface area contributed by atoms with Crippen molar-refractivity contribution in [3.8, 4) is 12.3 Å². The molecule has 1 aromatic heterocycles. The number of fused-ring (bicyclic) bond motifs is 1. The van der Waals surface area contributed by atoms with E-state index in [0.717, 1.165) is 25.7 Å². The molecule has 0 aliphatic heterocycles. The third-order valence-corrected chi connectivity index (χ3v) is 8.56. The Morgan fingerprint density at radius 1 is 1.14 bits per heavy atom. The van der Waals surface area contributed by atoms with Crippen LogP contribution in [0.15, 0.2) is 52.4 Å². The van der Waals surface area contributed by atoms with Crippen molar-refractivity contribution in [1.82, 2.24) is 8.87 Å². The highest BCUT2D eigenvalue weighted by Crippen LogP contribution is 2.23. The standard InChI is InChI=1S/C25H28N4O5S2/c1-4-7-16-27(17-8-5-2)36(33,34)21-12-9-19(10-13-21)24(30)26-25-28(15-6-3)22-18-20(29(31)32)11-14-23(22)35-25/h3,9-14,18H,4-5,7-8,15-17H2,1-2H3. The third kappa shape index (κ3) is 6.07. The van der Waals surface area contributed by atoms with Crippen molar-refractivity contribution in [3.63, 3.8) is 0 Å². The second-order valence-electron chi connectivity index (χ2n) is 8.14. The molecular weight excluding hydrogens is 500 g/mol. The van der Waals surface area contributed by atoms with Crippen LogP contribution in [0.25, 0.3) is 10.2 Å². The molecule has 36 heavy (non-hydrogen) atoms. The highest BCUT2D eigenvalue weighted by molar-refractivity contribution is 7.89. The molecule has 3 rings (SSSR count). The van der Waals surface area contributed by atoms with E-state index in [1.807, 2.05) is 13.8 Å². The molecule has 2 aromatic carbocycles. The van der Waals surface area contributed by atoms with Gasteiger partial charge in [0, 0.05) is 30.8 Å². The van der Waals surface area contributed by atoms with Crippen LogP contribution in [0.5, 0.6) is 0 Å². The van der Waals surface area contributed by atoms with E-state index in [4.69, 9.17) is 6.42 Å². The summed E-state index contributed by atoms with van der Waals surface area (Å²) >= 11 is 1.19. The number of carbonyl (C=O) groups is 1. The summed E-state index contributed by atoms with van der Waals surface area (Å²) in [6.45, 7) is 5.01. The van der Waals surface area contributed by atoms with Gasteiger partial charge in [-0.25, -0.2) is 8.42 Å². The molecule has 0 N–H and O–H groups in total. The Balaban J connectivity index is 1.94. The number of hydrogen-bond donors (Lipinski definition) is 0. The summed E-state index contributed by atoms with van der Waals surface area (Å²) < 4.78 is 30.1. The molecule has 9 nitrogen and oxygen atoms in total. The van der Waals surface area contributed by atoms with Crippen LogP contribution in [-0.4, -0.2) is 41.2 Å². The molecule has 11 heteroatoms. The molecule has 0 radical (unpaired) electrons. The number of thiazole rings is 1. The lowest BCUT2D eigenvalue weighted by atomic mass is 10.2. The Bertz CT molecular complexity index is 1460. The number of unbranched alkanes of at least 4 members (excludes halogenated alkanes) is 2. The van der Waals surface area contributed by atoms with Crippen LogP contribution in [-0.2, 0) is 16.6 Å². The number of benzene rings is 2. The molecule has 1 amide bonds. The van der Waals surface area contributed by atoms with Gasteiger partial charge in [-0.3, -0.25) is 14.9 Å². The number of nitrogens with zero attached hydrogens (tertiary/aromatic N) is 4. The number of non-ortho nitro benzene ring substituents is 1. The van der Waals surface area contributed by atoms with Gasteiger partial charge in [0.15, 0.2) is 4.80 Å². The largest absolute Gasteiger partial charge is 0.304 e. The molecule has 0 saturated heterocycles. The van der Waals surface area contributed by atoms with Crippen LogP contribution in [0.2, 0.25) is 0 Å². The zero-order valence-corrected chi connectivity index (χ0v) is 21.8. The molecule has 0 atom stereocenters. The molecule has 0 bridgehead atoms. The van der Waals surface area contributed by atoms with Crippen molar-refractivity contribution in [2.75, 3.05) is 13.1 Å². The molecule has 0 unspecified atom stereocenters. The minimum atomic E-state index is -3.68. The van der Waals surface area contributed by atoms with Crippen LogP contribution < -0.4 is 4.80 Å². The fourth-order valence-corrected chi connectivity index (χ4v) is 6.12. The number of carbonyl (C=O) groups excluding carboxylic acids is 1. The van der Waals surface area contributed by atoms with E-state index in [1.54, 1.807) is 10.6 Å². The topological polar surface area (TPSA) is 115 Å². The van der Waals surface area contributed by atoms with E-state index < -0.39 is 20.9 Å². The van der Waals surface area contributed by atoms with Crippen LogP contribution in [0.1, 0.15) is 49.9 Å². The number of amides is 1. The quantitative estimate of drug-likeness (QED) is 0.205. The molecule has 0 aliphatic carbocycles. The predicted molar refractivity (Wildman–Crippen MR) is 140 cm³/mol. The summed E-state index contributed by atoms with van der Waals surface area (Å²) in [6, 6.07) is 10.1. The molecule has 190 valence electrons. The van der Waals surface area contributed by atoms with E-state index in [2.05, 4.69) is 10.9 Å². The van der Waals surface area contributed by atoms with E-state index in [1.165, 1.54) is 52.0 Å². The average molecular weight is 529 g/mol. The summed E-state index contributed by atoms with van der Waals surface area (Å²) in [4.78, 5) is 28.2. The summed E-state index contributed by atoms with van der Waals surface area (Å²) in [5.74, 6) is 1.92. The first kappa shape index (κ1) is 27.3. The van der Waals surface area contributed by atoms with Gasteiger partial charge < -0.3 is 4.57 Å². The SMILES string of the molecule is C#CCn1c(=NC(=O)c2ccc(S(=O)(=O)N(CCCC)CCCC)cc2)sc2ccc([N+](=O)[O-])cc21. The molecule has 3 aromatic rings. The Hall–Kier alpha value is -3.33. The normalized spacial score (nSPS) is 12.2. The van der Waals surface area contributed by atoms with Gasteiger partial charge in [0.1, 0.15) is 0 Å². The Morgan fingerprint density at radius 2 is 1.78 bits per heavy atom. The van der Waals surface area contributed by atoms with E-state index in [-0.39, 0.29) is 22.7 Å². The van der Waals surface area contributed by atoms with Gasteiger partial charge in [0.25, 0.3) is 11.6 Å². The number of nitro groups is 1. The molecular formula is C25H28N4O5S2. The number of nitro benzene ring substituents is 1. The van der Waals surface area contributed by atoms with Gasteiger partial charge in [0.05, 0.1) is 26.6 Å². The molecule has 0 saturated carbocycles. The zero-order chi connectivity index (χ0) is 26.3. The van der Waals surface area contributed by atoms with Crippen LogP contribution >= 0.6 is 11.3 Å². The Kier molecular flexibility index (Phi) is 9.14. The van der Waals surface area contributed by atoms with Crippen LogP contribution in [0.4, 0.5) is 5.69 Å². The van der Waals surface area contributed by atoms with Gasteiger partial charge in [-0.2, -0.15) is 9.30 Å². The maximum Gasteiger partial charge on any atom is 0.279 e. The van der Waals surface area contributed by atoms with E-state index in [0.29, 0.717) is 28.1 Å². The van der Waals surface area contributed by atoms with Crippen molar-refractivity contribution in [2.24, 2.45) is 4.99 Å². The Labute approximate surface area is 214 Å². The first-order valence-corrected chi connectivity index (χ1v) is 13.9. The smallest absolute Gasteiger partial charge is 0.279 e. The second-order valence-corrected chi connectivity index (χ2v) is 11.1. The summed E-state index contributed by atoms with van der Waals surface area (Å²) in [7, 11) is -3.68. The lowest BCUT2D eigenvalue weighted by Crippen LogP contribution is -2.33. The lowest BCUT2D eigenvalue weighted by molar-refractivity contribution is -0.384. The van der Waals surface area contributed by atoms with Gasteiger partial charge in [-0.1, -0.05) is 43.9 Å². The maximum atomic E-state index is 13.2. The van der Waals surface area contributed by atoms with Gasteiger partial charge in [0.2, 0.25) is 10.0 Å². The van der Waals surface area contributed by atoms with E-state index >= 15 is 0 Å². The highest BCUT2D eigenvalue weighted by atomic mass is 32.2. The summed E-state index contributed by atoms with van der Waals surface area (Å²) in [6.07, 6.45) is 8.79. The molecule has 1 heterocycles. The highest BCUT2D eigenvalue weighted by Gasteiger charge is 2.24. The summed E-state index contributed by atoms with van der Waals surface area (Å²) in [5.41, 5.74) is 0.644. The minimum Gasteiger partial charge on any atom is -0.304 e. The van der Waals surface area contributed by atoms with Crippen molar-refractivity contribution < 1.29 is 18.1 Å². The number of rotatable bonds is 11. The van der Waals surface area contributed by atoms with Gasteiger partial charge in [-0.15, -0.1) is 6.42 Å². The van der Waals surface area contributed by atoms with Gasteiger partial charge in [-0.05, 0) is 43.2 Å². The fraction of sp³-hybridized carbons (Fsp3) is 0.360. The number of aromatic nitrogens is 1. The average Bonchev–Trinajstić information content (AvgIpc) is 3.20. The third-order valence-electron chi connectivity index (χ3n) is 5.58. The maximum absolute atomic E-state index is 13.2. The van der Waals surface area contributed by atoms with E-state index in [9.17, 15) is 23.3 Å². The lowest BCUT2D eigenvalue weighted by Gasteiger charge is -2.22. The van der Waals surface area contributed by atoms with Crippen LogP contribution in [0, 0.1) is 22.5 Å². The van der Waals surface area contributed by atoms with Crippen LogP contribution in [0.3, 0.4) is 0 Å². The molecule has 0 spiro atoms. The predicted octanol–water partition coefficient (Wildman–Crippen LogP) is 4.58. The van der Waals surface area contributed by atoms with Crippen molar-refractivity contribution in [2.45, 2.75) is 51.0 Å². The monoisotopic (exact) mass is 528 g/mol. The Morgan fingerprint density at radius 3 is 2.33 bits per heavy atom. The van der Waals surface area contributed by atoms with Crippen molar-refractivity contribution >= 4 is 43.2 Å².